The van der Waals surface area contributed by atoms with Crippen molar-refractivity contribution in [2.45, 2.75) is 12.7 Å². The first-order valence-electron chi connectivity index (χ1n) is 5.81. The third-order valence-corrected chi connectivity index (χ3v) is 4.63. The molecule has 0 aliphatic heterocycles. The second-order valence-corrected chi connectivity index (χ2v) is 7.22. The second kappa shape index (κ2) is 7.14. The molecule has 0 spiro atoms. The van der Waals surface area contributed by atoms with Crippen LogP contribution >= 0.6 is 11.3 Å². The highest BCUT2D eigenvalue weighted by atomic mass is 32.2. The van der Waals surface area contributed by atoms with E-state index in [0.29, 0.717) is 11.3 Å². The Hall–Kier alpha value is -2.19. The molecule has 5 N–H and O–H groups in total. The second-order valence-electron chi connectivity index (χ2n) is 4.27. The number of nitrogens with two attached hydrogens (primary N) is 1. The summed E-state index contributed by atoms with van der Waals surface area (Å²) in [7, 11) is -4.68. The molecular formula is C10H10F3N3O6S2. The summed E-state index contributed by atoms with van der Waals surface area (Å²) in [6.45, 7) is -0.629. The average molecular weight is 389 g/mol. The van der Waals surface area contributed by atoms with Crippen LogP contribution in [0.4, 0.5) is 18.2 Å². The number of carbonyl (C=O) groups excluding carboxylic acids is 2. The Morgan fingerprint density at radius 1 is 1.29 bits per heavy atom. The molecule has 1 heterocycles. The van der Waals surface area contributed by atoms with Crippen molar-refractivity contribution in [2.75, 3.05) is 11.1 Å². The number of nitrogens with one attached hydrogen (secondary N) is 2. The summed E-state index contributed by atoms with van der Waals surface area (Å²) in [5, 5.41) is 10.6. The summed E-state index contributed by atoms with van der Waals surface area (Å²) < 4.78 is 60.4. The maximum Gasteiger partial charge on any atom is 0.404 e. The van der Waals surface area contributed by atoms with Gasteiger partial charge in [0.25, 0.3) is 0 Å². The highest BCUT2D eigenvalue weighted by molar-refractivity contribution is 7.89. The number of hydrogen-bond acceptors (Lipinski definition) is 6. The van der Waals surface area contributed by atoms with Crippen LogP contribution in [-0.2, 0) is 26.2 Å². The molecule has 134 valence electrons. The number of alkyl halides is 3. The molecule has 0 unspecified atom stereocenters. The minimum atomic E-state index is -4.94. The predicted molar refractivity (Wildman–Crippen MR) is 75.8 cm³/mol. The van der Waals surface area contributed by atoms with Crippen LogP contribution in [0.1, 0.15) is 15.2 Å². The van der Waals surface area contributed by atoms with E-state index in [2.05, 4.69) is 0 Å². The highest BCUT2D eigenvalue weighted by Crippen LogP contribution is 2.28. The molecular weight excluding hydrogens is 379 g/mol. The van der Waals surface area contributed by atoms with Crippen molar-refractivity contribution in [1.29, 1.82) is 0 Å². The first kappa shape index (κ1) is 19.9. The average Bonchev–Trinajstić information content (AvgIpc) is 2.77. The Morgan fingerprint density at radius 3 is 2.33 bits per heavy atom. The van der Waals surface area contributed by atoms with Gasteiger partial charge in [0.15, 0.2) is 5.75 Å². The standard InChI is InChI=1S/C10H10F3N3O6S2/c11-10(12,13)3-24(21,22)15-2-4-1-5(9(19)20)8(23-4)16-7(18)6(14)17/h1,15H,2-3H2,(H2,14,17)(H,16,18)(H,19,20). The van der Waals surface area contributed by atoms with Gasteiger partial charge in [0.1, 0.15) is 5.00 Å². The number of hydrogen-bond donors (Lipinski definition) is 4. The molecule has 0 saturated carbocycles. The number of halogens is 3. The molecule has 0 atom stereocenters. The van der Waals surface area contributed by atoms with E-state index in [1.165, 1.54) is 0 Å². The minimum absolute atomic E-state index is 0.00193. The number of carbonyl (C=O) groups is 3. The van der Waals surface area contributed by atoms with Gasteiger partial charge in [-0.2, -0.15) is 13.2 Å². The lowest BCUT2D eigenvalue weighted by molar-refractivity contribution is -0.134. The van der Waals surface area contributed by atoms with E-state index >= 15 is 0 Å². The number of carboxylic acid groups (broad SMARTS) is 1. The normalized spacial score (nSPS) is 12.0. The van der Waals surface area contributed by atoms with E-state index in [0.717, 1.165) is 6.07 Å². The Bertz CT molecular complexity index is 771. The van der Waals surface area contributed by atoms with Crippen molar-refractivity contribution in [3.63, 3.8) is 0 Å². The molecule has 0 radical (unpaired) electrons. The lowest BCUT2D eigenvalue weighted by Crippen LogP contribution is -2.33. The van der Waals surface area contributed by atoms with Crippen LogP contribution in [0, 0.1) is 0 Å². The molecule has 1 aromatic heterocycles. The van der Waals surface area contributed by atoms with E-state index in [4.69, 9.17) is 10.8 Å². The Morgan fingerprint density at radius 2 is 1.88 bits per heavy atom. The van der Waals surface area contributed by atoms with Gasteiger partial charge in [-0.05, 0) is 6.07 Å². The number of thiophene rings is 1. The van der Waals surface area contributed by atoms with Gasteiger partial charge < -0.3 is 16.2 Å². The quantitative estimate of drug-likeness (QED) is 0.496. The molecule has 9 nitrogen and oxygen atoms in total. The van der Waals surface area contributed by atoms with Crippen molar-refractivity contribution in [2.24, 2.45) is 5.73 Å². The third kappa shape index (κ3) is 6.13. The van der Waals surface area contributed by atoms with Crippen LogP contribution in [-0.4, -0.2) is 43.2 Å². The van der Waals surface area contributed by atoms with Crippen LogP contribution in [0.5, 0.6) is 0 Å². The van der Waals surface area contributed by atoms with E-state index in [1.54, 1.807) is 4.72 Å². The summed E-state index contributed by atoms with van der Waals surface area (Å²) in [5.41, 5.74) is 4.23. The van der Waals surface area contributed by atoms with Gasteiger partial charge in [-0.25, -0.2) is 17.9 Å². The number of rotatable bonds is 6. The lowest BCUT2D eigenvalue weighted by Gasteiger charge is -2.08. The van der Waals surface area contributed by atoms with E-state index in [1.807, 2.05) is 5.32 Å². The van der Waals surface area contributed by atoms with Crippen molar-refractivity contribution in [3.05, 3.63) is 16.5 Å². The van der Waals surface area contributed by atoms with Crippen LogP contribution in [0.25, 0.3) is 0 Å². The van der Waals surface area contributed by atoms with Gasteiger partial charge in [-0.3, -0.25) is 9.59 Å². The maximum atomic E-state index is 12.1. The van der Waals surface area contributed by atoms with Gasteiger partial charge in [-0.1, -0.05) is 0 Å². The monoisotopic (exact) mass is 389 g/mol. The van der Waals surface area contributed by atoms with Crippen molar-refractivity contribution >= 4 is 44.1 Å². The maximum absolute atomic E-state index is 12.1. The summed E-state index contributed by atoms with van der Waals surface area (Å²) in [5.74, 6) is -6.28. The smallest absolute Gasteiger partial charge is 0.404 e. The van der Waals surface area contributed by atoms with Gasteiger partial charge in [0.2, 0.25) is 10.0 Å². The zero-order chi connectivity index (χ0) is 18.7. The Balaban J connectivity index is 2.92. The van der Waals surface area contributed by atoms with Crippen LogP contribution in [0.2, 0.25) is 0 Å². The third-order valence-electron chi connectivity index (χ3n) is 2.28. The van der Waals surface area contributed by atoms with E-state index < -0.39 is 51.8 Å². The summed E-state index contributed by atoms with van der Waals surface area (Å²) in [6.07, 6.45) is -4.94. The van der Waals surface area contributed by atoms with Crippen molar-refractivity contribution in [3.8, 4) is 0 Å². The molecule has 0 aliphatic carbocycles. The zero-order valence-corrected chi connectivity index (χ0v) is 13.1. The van der Waals surface area contributed by atoms with Gasteiger partial charge in [0.05, 0.1) is 5.56 Å². The molecule has 0 aliphatic rings. The molecule has 0 fully saturated rings. The van der Waals surface area contributed by atoms with Gasteiger partial charge in [0, 0.05) is 11.4 Å². The molecule has 0 bridgehead atoms. The number of carboxylic acids is 1. The molecule has 0 saturated heterocycles. The van der Waals surface area contributed by atoms with Crippen LogP contribution in [0.3, 0.4) is 0 Å². The first-order chi connectivity index (χ1) is 10.8. The summed E-state index contributed by atoms with van der Waals surface area (Å²) in [4.78, 5) is 32.8. The Labute approximate surface area is 136 Å². The van der Waals surface area contributed by atoms with E-state index in [-0.39, 0.29) is 9.88 Å². The van der Waals surface area contributed by atoms with Gasteiger partial charge in [-0.15, -0.1) is 11.3 Å². The van der Waals surface area contributed by atoms with Crippen LogP contribution < -0.4 is 15.8 Å². The van der Waals surface area contributed by atoms with Gasteiger partial charge >= 0.3 is 24.0 Å². The summed E-state index contributed by atoms with van der Waals surface area (Å²) in [6, 6.07) is 0.944. The fourth-order valence-corrected chi connectivity index (χ4v) is 3.38. The molecule has 1 aromatic rings. The fourth-order valence-electron chi connectivity index (χ4n) is 1.39. The highest BCUT2D eigenvalue weighted by Gasteiger charge is 2.35. The molecule has 2 amide bonds. The summed E-state index contributed by atoms with van der Waals surface area (Å²) >= 11 is 0.563. The lowest BCUT2D eigenvalue weighted by atomic mass is 10.3. The number of sulfonamides is 1. The first-order valence-corrected chi connectivity index (χ1v) is 8.28. The predicted octanol–water partition coefficient (Wildman–Crippen LogP) is -0.148. The Kier molecular flexibility index (Phi) is 5.91. The molecule has 0 aromatic carbocycles. The topological polar surface area (TPSA) is 156 Å². The number of primary amides is 1. The molecule has 14 heteroatoms. The van der Waals surface area contributed by atoms with Crippen molar-refractivity contribution < 1.29 is 41.1 Å². The minimum Gasteiger partial charge on any atom is -0.478 e. The number of aromatic carboxylic acids is 1. The van der Waals surface area contributed by atoms with Crippen molar-refractivity contribution in [1.82, 2.24) is 4.72 Å². The SMILES string of the molecule is NC(=O)C(=O)Nc1sc(CNS(=O)(=O)CC(F)(F)F)cc1C(=O)O. The van der Waals surface area contributed by atoms with E-state index in [9.17, 15) is 36.0 Å². The fraction of sp³-hybridized carbons (Fsp3) is 0.300. The molecule has 1 rings (SSSR count). The largest absolute Gasteiger partial charge is 0.478 e. The van der Waals surface area contributed by atoms with Crippen LogP contribution in [0.15, 0.2) is 6.07 Å². The zero-order valence-electron chi connectivity index (χ0n) is 11.5. The number of amides is 2. The number of anilines is 1. The molecule has 24 heavy (non-hydrogen) atoms.